The van der Waals surface area contributed by atoms with Gasteiger partial charge in [-0.3, -0.25) is 19.5 Å². The molecule has 34 heavy (non-hydrogen) atoms. The minimum Gasteiger partial charge on any atom is -0.494 e. The molecule has 0 unspecified atom stereocenters. The zero-order chi connectivity index (χ0) is 24.5. The van der Waals surface area contributed by atoms with E-state index in [0.29, 0.717) is 18.7 Å². The number of carbonyl (C=O) groups is 1. The van der Waals surface area contributed by atoms with Crippen molar-refractivity contribution in [3.8, 4) is 5.75 Å². The number of amides is 1. The van der Waals surface area contributed by atoms with Crippen LogP contribution in [0.2, 0.25) is 5.02 Å². The highest BCUT2D eigenvalue weighted by Gasteiger charge is 2.30. The second-order valence-corrected chi connectivity index (χ2v) is 9.82. The van der Waals surface area contributed by atoms with Crippen molar-refractivity contribution in [1.29, 1.82) is 0 Å². The smallest absolute Gasteiger partial charge is 0.264 e. The molecule has 1 aliphatic heterocycles. The summed E-state index contributed by atoms with van der Waals surface area (Å²) >= 11 is 6.25. The van der Waals surface area contributed by atoms with Gasteiger partial charge < -0.3 is 10.1 Å². The van der Waals surface area contributed by atoms with Gasteiger partial charge in [0.15, 0.2) is 0 Å². The lowest BCUT2D eigenvalue weighted by molar-refractivity contribution is 0.0273. The van der Waals surface area contributed by atoms with Crippen molar-refractivity contribution in [3.05, 3.63) is 76.8 Å². The summed E-state index contributed by atoms with van der Waals surface area (Å²) in [5.41, 5.74) is 1.21. The Labute approximate surface area is 201 Å². The number of aryl methyl sites for hydroxylation is 1. The first kappa shape index (κ1) is 23.8. The molecule has 0 radical (unpaired) electrons. The maximum absolute atomic E-state index is 13.5. The van der Waals surface area contributed by atoms with Crippen LogP contribution in [0.15, 0.2) is 65.6 Å². The summed E-state index contributed by atoms with van der Waals surface area (Å²) in [4.78, 5) is 12.9. The molecule has 178 valence electrons. The summed E-state index contributed by atoms with van der Waals surface area (Å²) in [6.07, 6.45) is 1.48. The van der Waals surface area contributed by atoms with Gasteiger partial charge >= 0.3 is 0 Å². The van der Waals surface area contributed by atoms with E-state index in [2.05, 4.69) is 5.32 Å². The van der Waals surface area contributed by atoms with Gasteiger partial charge in [0.25, 0.3) is 15.9 Å². The lowest BCUT2D eigenvalue weighted by Crippen LogP contribution is -2.35. The number of hydrogen-bond donors (Lipinski definition) is 3. The number of nitrogens with zero attached hydrogens (tertiary/aromatic N) is 2. The van der Waals surface area contributed by atoms with Crippen molar-refractivity contribution in [2.45, 2.75) is 17.7 Å². The number of ether oxygens (including phenoxy) is 1. The maximum Gasteiger partial charge on any atom is 0.264 e. The summed E-state index contributed by atoms with van der Waals surface area (Å²) in [6.45, 7) is 0.333. The third-order valence-electron chi connectivity index (χ3n) is 5.51. The van der Waals surface area contributed by atoms with Gasteiger partial charge in [-0.25, -0.2) is 8.42 Å². The Hall–Kier alpha value is -3.31. The van der Waals surface area contributed by atoms with E-state index < -0.39 is 15.9 Å². The second-order valence-electron chi connectivity index (χ2n) is 7.55. The topological polar surface area (TPSA) is 119 Å². The van der Waals surface area contributed by atoms with Gasteiger partial charge in [0.2, 0.25) is 0 Å². The van der Waals surface area contributed by atoms with Crippen molar-refractivity contribution in [2.75, 3.05) is 28.5 Å². The predicted molar refractivity (Wildman–Crippen MR) is 128 cm³/mol. The van der Waals surface area contributed by atoms with Crippen LogP contribution in [0.4, 0.5) is 17.1 Å². The van der Waals surface area contributed by atoms with Crippen LogP contribution in [0.3, 0.4) is 0 Å². The minimum atomic E-state index is -3.93. The molecule has 0 atom stereocenters. The fourth-order valence-corrected chi connectivity index (χ4v) is 5.64. The molecule has 0 saturated carbocycles. The van der Waals surface area contributed by atoms with E-state index in [0.717, 1.165) is 12.0 Å². The summed E-state index contributed by atoms with van der Waals surface area (Å²) in [5, 5.41) is 21.6. The molecule has 4 rings (SSSR count). The molecule has 0 aliphatic carbocycles. The molecule has 9 nitrogen and oxygen atoms in total. The number of hydrogen-bond acceptors (Lipinski definition) is 7. The molecule has 0 aromatic heterocycles. The summed E-state index contributed by atoms with van der Waals surface area (Å²) in [7, 11) is -2.62. The number of methoxy groups -OCH3 is 1. The number of benzene rings is 3. The average Bonchev–Trinajstić information content (AvgIpc) is 2.84. The van der Waals surface area contributed by atoms with Crippen LogP contribution in [0.5, 0.6) is 5.75 Å². The monoisotopic (exact) mass is 503 g/mol. The Morgan fingerprint density at radius 3 is 2.62 bits per heavy atom. The van der Waals surface area contributed by atoms with Crippen LogP contribution in [0.25, 0.3) is 0 Å². The van der Waals surface area contributed by atoms with Gasteiger partial charge in [-0.15, -0.1) is 5.23 Å². The molecule has 0 spiro atoms. The van der Waals surface area contributed by atoms with Gasteiger partial charge in [0.05, 0.1) is 34.0 Å². The summed E-state index contributed by atoms with van der Waals surface area (Å²) < 4.78 is 33.4. The Kier molecular flexibility index (Phi) is 6.67. The predicted octanol–water partition coefficient (Wildman–Crippen LogP) is 4.33. The van der Waals surface area contributed by atoms with E-state index in [9.17, 15) is 23.6 Å². The summed E-state index contributed by atoms with van der Waals surface area (Å²) in [6, 6.07) is 15.7. The van der Waals surface area contributed by atoms with E-state index in [1.54, 1.807) is 12.1 Å². The Bertz CT molecular complexity index is 1350. The van der Waals surface area contributed by atoms with Crippen molar-refractivity contribution in [2.24, 2.45) is 0 Å². The van der Waals surface area contributed by atoms with Crippen molar-refractivity contribution in [1.82, 2.24) is 0 Å². The third kappa shape index (κ3) is 4.40. The highest BCUT2D eigenvalue weighted by Crippen LogP contribution is 2.35. The van der Waals surface area contributed by atoms with Crippen LogP contribution in [0, 0.1) is 0 Å². The van der Waals surface area contributed by atoms with E-state index in [1.807, 2.05) is 12.1 Å². The fourth-order valence-electron chi connectivity index (χ4n) is 3.90. The fraction of sp³-hybridized carbons (Fsp3) is 0.174. The van der Waals surface area contributed by atoms with E-state index in [4.69, 9.17) is 16.3 Å². The molecule has 0 fully saturated rings. The van der Waals surface area contributed by atoms with E-state index in [-0.39, 0.29) is 37.8 Å². The first-order chi connectivity index (χ1) is 16.2. The van der Waals surface area contributed by atoms with Gasteiger partial charge in [-0.2, -0.15) is 0 Å². The normalized spacial score (nSPS) is 13.2. The van der Waals surface area contributed by atoms with E-state index in [1.165, 1.54) is 47.8 Å². The zero-order valence-corrected chi connectivity index (χ0v) is 19.7. The number of halogens is 1. The van der Waals surface area contributed by atoms with Gasteiger partial charge in [0.1, 0.15) is 11.4 Å². The number of carbonyl (C=O) groups excluding carboxylic acids is 1. The largest absolute Gasteiger partial charge is 0.494 e. The molecule has 0 bridgehead atoms. The number of nitrogens with one attached hydrogen (secondary N) is 1. The number of para-hydroxylation sites is 2. The highest BCUT2D eigenvalue weighted by molar-refractivity contribution is 7.92. The van der Waals surface area contributed by atoms with Crippen molar-refractivity contribution >= 4 is 44.6 Å². The molecule has 3 aromatic rings. The molecular formula is C23H22ClN3O6S. The Balaban J connectivity index is 1.69. The van der Waals surface area contributed by atoms with Crippen LogP contribution >= 0.6 is 11.6 Å². The molecular weight excluding hydrogens is 482 g/mol. The molecule has 1 amide bonds. The lowest BCUT2D eigenvalue weighted by atomic mass is 10.0. The van der Waals surface area contributed by atoms with Crippen LogP contribution in [0.1, 0.15) is 22.3 Å². The van der Waals surface area contributed by atoms with Crippen LogP contribution < -0.4 is 19.6 Å². The van der Waals surface area contributed by atoms with Gasteiger partial charge in [-0.1, -0.05) is 35.9 Å². The molecule has 1 aliphatic rings. The van der Waals surface area contributed by atoms with Crippen molar-refractivity contribution in [3.63, 3.8) is 0 Å². The van der Waals surface area contributed by atoms with Gasteiger partial charge in [-0.05, 0) is 54.8 Å². The highest BCUT2D eigenvalue weighted by atomic mass is 35.5. The number of sulfonamides is 1. The molecule has 1 heterocycles. The number of rotatable bonds is 6. The third-order valence-corrected chi connectivity index (χ3v) is 7.64. The zero-order valence-electron chi connectivity index (χ0n) is 18.1. The SMILES string of the molecule is COc1cccc(C(=O)Nc2cc(S(=O)(=O)N3CCCc4ccccc43)ccc2Cl)c1N(O)O. The molecule has 11 heteroatoms. The second kappa shape index (κ2) is 9.51. The lowest BCUT2D eigenvalue weighted by Gasteiger charge is -2.30. The van der Waals surface area contributed by atoms with Crippen LogP contribution in [-0.4, -0.2) is 38.4 Å². The molecule has 3 N–H and O–H groups in total. The number of anilines is 3. The average molecular weight is 504 g/mol. The molecule has 3 aromatic carbocycles. The first-order valence-electron chi connectivity index (χ1n) is 10.3. The van der Waals surface area contributed by atoms with Gasteiger partial charge in [0, 0.05) is 6.54 Å². The standard InChI is InChI=1S/C23H22ClN3O6S/c1-33-21-10-4-8-17(22(21)27(29)30)23(28)25-19-14-16(11-12-18(19)24)34(31,32)26-13-5-7-15-6-2-3-9-20(15)26/h2-4,6,8-12,14,29-30H,5,7,13H2,1H3,(H,25,28). The Morgan fingerprint density at radius 2 is 1.88 bits per heavy atom. The summed E-state index contributed by atoms with van der Waals surface area (Å²) in [5.74, 6) is -0.703. The minimum absolute atomic E-state index is 0.0410. The van der Waals surface area contributed by atoms with Crippen LogP contribution in [-0.2, 0) is 16.4 Å². The first-order valence-corrected chi connectivity index (χ1v) is 12.1. The molecule has 0 saturated heterocycles. The quantitative estimate of drug-likeness (QED) is 0.428. The van der Waals surface area contributed by atoms with E-state index >= 15 is 0 Å². The maximum atomic E-state index is 13.5. The number of fused-ring (bicyclic) bond motifs is 1. The van der Waals surface area contributed by atoms with Crippen molar-refractivity contribution < 1.29 is 28.4 Å². The Morgan fingerprint density at radius 1 is 1.12 bits per heavy atom.